The third-order valence-corrected chi connectivity index (χ3v) is 3.23. The van der Waals surface area contributed by atoms with Crippen molar-refractivity contribution in [2.75, 3.05) is 13.1 Å². The van der Waals surface area contributed by atoms with Gasteiger partial charge in [-0.3, -0.25) is 4.79 Å². The lowest BCUT2D eigenvalue weighted by atomic mass is 9.99. The van der Waals surface area contributed by atoms with Crippen LogP contribution in [0.3, 0.4) is 0 Å². The Bertz CT molecular complexity index is 549. The Morgan fingerprint density at radius 2 is 2.00 bits per heavy atom. The van der Waals surface area contributed by atoms with Crippen LogP contribution in [0.5, 0.6) is 5.75 Å². The average molecular weight is 298 g/mol. The van der Waals surface area contributed by atoms with Gasteiger partial charge in [-0.25, -0.2) is 0 Å². The molecule has 112 valence electrons. The van der Waals surface area contributed by atoms with Crippen molar-refractivity contribution in [1.82, 2.24) is 4.90 Å². The van der Waals surface area contributed by atoms with Crippen molar-refractivity contribution in [2.45, 2.75) is 19.2 Å². The second kappa shape index (κ2) is 6.04. The van der Waals surface area contributed by atoms with E-state index in [2.05, 4.69) is 10.8 Å². The van der Waals surface area contributed by atoms with Crippen molar-refractivity contribution in [3.8, 4) is 11.8 Å². The zero-order valence-electron chi connectivity index (χ0n) is 11.1. The topological polar surface area (TPSA) is 53.3 Å². The first-order valence-electron chi connectivity index (χ1n) is 6.44. The summed E-state index contributed by atoms with van der Waals surface area (Å²) >= 11 is 0. The van der Waals surface area contributed by atoms with Crippen LogP contribution in [0.4, 0.5) is 13.2 Å². The molecule has 1 heterocycles. The molecule has 1 atom stereocenters. The lowest BCUT2D eigenvalue weighted by Crippen LogP contribution is -2.39. The summed E-state index contributed by atoms with van der Waals surface area (Å²) in [6.45, 7) is 0.911. The van der Waals surface area contributed by atoms with Gasteiger partial charge in [0.1, 0.15) is 5.75 Å². The van der Waals surface area contributed by atoms with Crippen molar-refractivity contribution in [2.24, 2.45) is 5.92 Å². The van der Waals surface area contributed by atoms with Gasteiger partial charge in [0.05, 0.1) is 12.0 Å². The Labute approximate surface area is 119 Å². The van der Waals surface area contributed by atoms with E-state index in [1.54, 1.807) is 4.90 Å². The summed E-state index contributed by atoms with van der Waals surface area (Å²) in [5.74, 6) is -0.836. The van der Waals surface area contributed by atoms with Gasteiger partial charge >= 0.3 is 6.36 Å². The zero-order chi connectivity index (χ0) is 15.5. The van der Waals surface area contributed by atoms with Crippen molar-refractivity contribution >= 4 is 5.91 Å². The number of amides is 1. The van der Waals surface area contributed by atoms with E-state index in [1.807, 2.05) is 0 Å². The predicted octanol–water partition coefficient (Wildman–Crippen LogP) is 2.96. The minimum Gasteiger partial charge on any atom is -0.406 e. The molecule has 0 spiro atoms. The van der Waals surface area contributed by atoms with E-state index in [-0.39, 0.29) is 23.1 Å². The van der Waals surface area contributed by atoms with Crippen LogP contribution in [-0.4, -0.2) is 30.3 Å². The summed E-state index contributed by atoms with van der Waals surface area (Å²) in [7, 11) is 0. The van der Waals surface area contributed by atoms with Gasteiger partial charge in [0.15, 0.2) is 0 Å². The summed E-state index contributed by atoms with van der Waals surface area (Å²) in [5.41, 5.74) is 0.281. The number of nitrogens with zero attached hydrogens (tertiary/aromatic N) is 2. The third kappa shape index (κ3) is 4.12. The molecule has 0 radical (unpaired) electrons. The number of ether oxygens (including phenoxy) is 1. The van der Waals surface area contributed by atoms with Crippen LogP contribution in [0.15, 0.2) is 24.3 Å². The maximum absolute atomic E-state index is 12.2. The van der Waals surface area contributed by atoms with Gasteiger partial charge in [-0.1, -0.05) is 0 Å². The Hall–Kier alpha value is -2.23. The Morgan fingerprint density at radius 1 is 1.33 bits per heavy atom. The van der Waals surface area contributed by atoms with E-state index in [9.17, 15) is 18.0 Å². The standard InChI is InChI=1S/C14H13F3N2O2/c15-14(16,17)21-12-5-3-11(4-6-12)13(20)19-7-1-2-10(8-18)9-19/h3-6,10H,1-2,7,9H2. The maximum atomic E-state index is 12.2. The molecule has 1 amide bonds. The van der Waals surface area contributed by atoms with Gasteiger partial charge in [-0.15, -0.1) is 13.2 Å². The number of likely N-dealkylation sites (tertiary alicyclic amines) is 1. The minimum atomic E-state index is -4.75. The molecule has 1 unspecified atom stereocenters. The quantitative estimate of drug-likeness (QED) is 0.843. The molecule has 1 aromatic rings. The smallest absolute Gasteiger partial charge is 0.406 e. The summed E-state index contributed by atoms with van der Waals surface area (Å²) in [4.78, 5) is 13.8. The Kier molecular flexibility index (Phi) is 4.36. The van der Waals surface area contributed by atoms with E-state index < -0.39 is 6.36 Å². The fraction of sp³-hybridized carbons (Fsp3) is 0.429. The number of nitriles is 1. The van der Waals surface area contributed by atoms with Gasteiger partial charge in [-0.2, -0.15) is 5.26 Å². The number of benzene rings is 1. The number of alkyl halides is 3. The number of carbonyl (C=O) groups is 1. The average Bonchev–Trinajstić information content (AvgIpc) is 2.46. The van der Waals surface area contributed by atoms with Gasteiger partial charge in [-0.05, 0) is 37.1 Å². The lowest BCUT2D eigenvalue weighted by molar-refractivity contribution is -0.274. The van der Waals surface area contributed by atoms with Gasteiger partial charge < -0.3 is 9.64 Å². The first-order chi connectivity index (χ1) is 9.89. The second-order valence-electron chi connectivity index (χ2n) is 4.79. The third-order valence-electron chi connectivity index (χ3n) is 3.23. The van der Waals surface area contributed by atoms with E-state index in [0.29, 0.717) is 13.1 Å². The highest BCUT2D eigenvalue weighted by Gasteiger charge is 2.31. The van der Waals surface area contributed by atoms with Crippen LogP contribution in [0.1, 0.15) is 23.2 Å². The molecule has 1 saturated heterocycles. The van der Waals surface area contributed by atoms with Crippen LogP contribution in [0, 0.1) is 17.2 Å². The number of halogens is 3. The summed E-state index contributed by atoms with van der Waals surface area (Å²) in [6, 6.07) is 6.93. The molecule has 1 aliphatic heterocycles. The monoisotopic (exact) mass is 298 g/mol. The van der Waals surface area contributed by atoms with Crippen molar-refractivity contribution in [3.05, 3.63) is 29.8 Å². The first kappa shape index (κ1) is 15.2. The molecule has 0 saturated carbocycles. The number of hydrogen-bond donors (Lipinski definition) is 0. The number of rotatable bonds is 2. The van der Waals surface area contributed by atoms with Crippen molar-refractivity contribution < 1.29 is 22.7 Å². The molecule has 0 aliphatic carbocycles. The zero-order valence-corrected chi connectivity index (χ0v) is 11.1. The van der Waals surface area contributed by atoms with Crippen LogP contribution in [0.2, 0.25) is 0 Å². The maximum Gasteiger partial charge on any atom is 0.573 e. The van der Waals surface area contributed by atoms with Crippen molar-refractivity contribution in [3.63, 3.8) is 0 Å². The fourth-order valence-corrected chi connectivity index (χ4v) is 2.25. The van der Waals surface area contributed by atoms with Crippen LogP contribution in [-0.2, 0) is 0 Å². The Morgan fingerprint density at radius 3 is 2.57 bits per heavy atom. The Balaban J connectivity index is 2.04. The van der Waals surface area contributed by atoms with E-state index >= 15 is 0 Å². The largest absolute Gasteiger partial charge is 0.573 e. The number of carbonyl (C=O) groups excluding carboxylic acids is 1. The molecule has 1 fully saturated rings. The molecule has 0 aromatic heterocycles. The summed E-state index contributed by atoms with van der Waals surface area (Å²) in [5, 5.41) is 8.89. The van der Waals surface area contributed by atoms with Crippen LogP contribution < -0.4 is 4.74 Å². The van der Waals surface area contributed by atoms with E-state index in [0.717, 1.165) is 25.0 Å². The van der Waals surface area contributed by atoms with E-state index in [4.69, 9.17) is 5.26 Å². The molecular weight excluding hydrogens is 285 g/mol. The fourth-order valence-electron chi connectivity index (χ4n) is 2.25. The van der Waals surface area contributed by atoms with Crippen LogP contribution >= 0.6 is 0 Å². The molecule has 0 bridgehead atoms. The predicted molar refractivity (Wildman–Crippen MR) is 67.4 cm³/mol. The molecular formula is C14H13F3N2O2. The van der Waals surface area contributed by atoms with Crippen LogP contribution in [0.25, 0.3) is 0 Å². The molecule has 1 aliphatic rings. The van der Waals surface area contributed by atoms with Gasteiger partial charge in [0, 0.05) is 18.7 Å². The highest BCUT2D eigenvalue weighted by molar-refractivity contribution is 5.94. The number of piperidine rings is 1. The molecule has 7 heteroatoms. The molecule has 0 N–H and O–H groups in total. The summed E-state index contributed by atoms with van der Waals surface area (Å²) in [6.07, 6.45) is -3.24. The highest BCUT2D eigenvalue weighted by Crippen LogP contribution is 2.24. The lowest BCUT2D eigenvalue weighted by Gasteiger charge is -2.29. The van der Waals surface area contributed by atoms with Gasteiger partial charge in [0.25, 0.3) is 5.91 Å². The SMILES string of the molecule is N#CC1CCCN(C(=O)c2ccc(OC(F)(F)F)cc2)C1. The number of hydrogen-bond acceptors (Lipinski definition) is 3. The first-order valence-corrected chi connectivity index (χ1v) is 6.44. The molecule has 1 aromatic carbocycles. The highest BCUT2D eigenvalue weighted by atomic mass is 19.4. The minimum absolute atomic E-state index is 0.185. The molecule has 4 nitrogen and oxygen atoms in total. The molecule has 21 heavy (non-hydrogen) atoms. The normalized spacial score (nSPS) is 19.0. The van der Waals surface area contributed by atoms with E-state index in [1.165, 1.54) is 12.1 Å². The molecule has 2 rings (SSSR count). The van der Waals surface area contributed by atoms with Gasteiger partial charge in [0.2, 0.25) is 0 Å². The van der Waals surface area contributed by atoms with Crippen molar-refractivity contribution in [1.29, 1.82) is 5.26 Å². The summed E-state index contributed by atoms with van der Waals surface area (Å²) < 4.78 is 39.9. The second-order valence-corrected chi connectivity index (χ2v) is 4.79.